The first-order valence-electron chi connectivity index (χ1n) is 8.52. The minimum absolute atomic E-state index is 0.210. The third-order valence-corrected chi connectivity index (χ3v) is 5.34. The Hall–Kier alpha value is -2.19. The predicted molar refractivity (Wildman–Crippen MR) is 93.8 cm³/mol. The first kappa shape index (κ1) is 17.2. The second-order valence-corrected chi connectivity index (χ2v) is 7.43. The van der Waals surface area contributed by atoms with Gasteiger partial charge in [0.25, 0.3) is 0 Å². The highest BCUT2D eigenvalue weighted by Crippen LogP contribution is 2.35. The molecule has 3 heterocycles. The van der Waals surface area contributed by atoms with Gasteiger partial charge in [-0.3, -0.25) is 4.90 Å². The molecule has 26 heavy (non-hydrogen) atoms. The van der Waals surface area contributed by atoms with Crippen LogP contribution in [0.2, 0.25) is 0 Å². The molecule has 8 heteroatoms. The summed E-state index contributed by atoms with van der Waals surface area (Å²) >= 11 is 1.31. The molecule has 1 atom stereocenters. The monoisotopic (exact) mass is 376 g/mol. The summed E-state index contributed by atoms with van der Waals surface area (Å²) < 4.78 is 36.3. The lowest BCUT2D eigenvalue weighted by molar-refractivity contribution is 0.198. The van der Waals surface area contributed by atoms with Crippen LogP contribution in [0.1, 0.15) is 35.7 Å². The molecule has 5 nitrogen and oxygen atoms in total. The maximum atomic E-state index is 13.4. The van der Waals surface area contributed by atoms with Gasteiger partial charge in [0.15, 0.2) is 5.76 Å². The lowest BCUT2D eigenvalue weighted by Gasteiger charge is -2.32. The Morgan fingerprint density at radius 3 is 2.77 bits per heavy atom. The van der Waals surface area contributed by atoms with Gasteiger partial charge >= 0.3 is 0 Å². The summed E-state index contributed by atoms with van der Waals surface area (Å²) in [6.07, 6.45) is 1.99. The average Bonchev–Trinajstić information content (AvgIpc) is 3.22. The molecule has 1 saturated heterocycles. The molecule has 3 aromatic rings. The lowest BCUT2D eigenvalue weighted by Crippen LogP contribution is -2.34. The van der Waals surface area contributed by atoms with E-state index in [1.54, 1.807) is 0 Å². The summed E-state index contributed by atoms with van der Waals surface area (Å²) in [4.78, 5) is 3.12. The summed E-state index contributed by atoms with van der Waals surface area (Å²) in [5.41, 5.74) is 2.38. The molecule has 1 unspecified atom stereocenters. The number of aromatic nitrogens is 3. The smallest absolute Gasteiger partial charge is 0.180 e. The molecule has 1 aliphatic heterocycles. The van der Waals surface area contributed by atoms with E-state index in [4.69, 9.17) is 4.52 Å². The van der Waals surface area contributed by atoms with Crippen LogP contribution in [0, 0.1) is 18.6 Å². The molecular formula is C18H18F2N4OS. The lowest BCUT2D eigenvalue weighted by atomic mass is 9.93. The fraction of sp³-hybridized carbons (Fsp3) is 0.389. The molecule has 0 N–H and O–H groups in total. The van der Waals surface area contributed by atoms with E-state index in [0.717, 1.165) is 48.3 Å². The van der Waals surface area contributed by atoms with Crippen LogP contribution < -0.4 is 0 Å². The zero-order chi connectivity index (χ0) is 18.1. The van der Waals surface area contributed by atoms with E-state index >= 15 is 0 Å². The molecule has 4 rings (SSSR count). The van der Waals surface area contributed by atoms with E-state index < -0.39 is 11.6 Å². The van der Waals surface area contributed by atoms with E-state index in [1.807, 2.05) is 13.0 Å². The molecule has 1 fully saturated rings. The molecular weight excluding hydrogens is 358 g/mol. The normalized spacial score (nSPS) is 18.3. The molecule has 2 aromatic heterocycles. The molecule has 0 aliphatic carbocycles. The molecule has 0 radical (unpaired) electrons. The third kappa shape index (κ3) is 3.66. The van der Waals surface area contributed by atoms with Crippen molar-refractivity contribution in [2.45, 2.75) is 32.2 Å². The van der Waals surface area contributed by atoms with Crippen LogP contribution in [0.4, 0.5) is 8.78 Å². The maximum Gasteiger partial charge on any atom is 0.180 e. The van der Waals surface area contributed by atoms with E-state index in [2.05, 4.69) is 19.6 Å². The van der Waals surface area contributed by atoms with Gasteiger partial charge in [0, 0.05) is 31.1 Å². The van der Waals surface area contributed by atoms with Crippen molar-refractivity contribution in [3.63, 3.8) is 0 Å². The maximum absolute atomic E-state index is 13.4. The Balaban J connectivity index is 1.52. The first-order chi connectivity index (χ1) is 12.6. The van der Waals surface area contributed by atoms with E-state index in [0.29, 0.717) is 17.9 Å². The first-order valence-corrected chi connectivity index (χ1v) is 9.29. The number of halogens is 2. The molecule has 0 spiro atoms. The quantitative estimate of drug-likeness (QED) is 0.684. The number of hydrogen-bond donors (Lipinski definition) is 0. The number of piperidine rings is 1. The van der Waals surface area contributed by atoms with Crippen molar-refractivity contribution in [1.29, 1.82) is 0 Å². The van der Waals surface area contributed by atoms with Crippen molar-refractivity contribution in [2.75, 3.05) is 13.1 Å². The third-order valence-electron chi connectivity index (χ3n) is 4.59. The van der Waals surface area contributed by atoms with Gasteiger partial charge in [0.2, 0.25) is 0 Å². The van der Waals surface area contributed by atoms with Crippen molar-refractivity contribution in [2.24, 2.45) is 0 Å². The van der Waals surface area contributed by atoms with Crippen LogP contribution >= 0.6 is 11.5 Å². The summed E-state index contributed by atoms with van der Waals surface area (Å²) in [5.74, 6) is -0.182. The van der Waals surface area contributed by atoms with Crippen LogP contribution in [0.5, 0.6) is 0 Å². The molecule has 136 valence electrons. The van der Waals surface area contributed by atoms with E-state index in [-0.39, 0.29) is 5.92 Å². The molecule has 0 saturated carbocycles. The second-order valence-electron chi connectivity index (χ2n) is 6.67. The Bertz CT molecular complexity index is 890. The van der Waals surface area contributed by atoms with Crippen LogP contribution in [0.3, 0.4) is 0 Å². The highest BCUT2D eigenvalue weighted by Gasteiger charge is 2.28. The Morgan fingerprint density at radius 2 is 2.04 bits per heavy atom. The molecule has 0 amide bonds. The minimum Gasteiger partial charge on any atom is -0.355 e. The largest absolute Gasteiger partial charge is 0.355 e. The zero-order valence-corrected chi connectivity index (χ0v) is 15.1. The summed E-state index contributed by atoms with van der Waals surface area (Å²) in [6.45, 7) is 4.05. The van der Waals surface area contributed by atoms with Gasteiger partial charge in [0.1, 0.15) is 16.5 Å². The van der Waals surface area contributed by atoms with E-state index in [1.165, 1.54) is 23.7 Å². The van der Waals surface area contributed by atoms with Gasteiger partial charge in [-0.2, -0.15) is 0 Å². The SMILES string of the molecule is Cc1cc(-c2snnc2C2CCCN(Cc3cc(F)cc(F)c3)C2)on1. The van der Waals surface area contributed by atoms with Gasteiger partial charge in [-0.1, -0.05) is 9.64 Å². The van der Waals surface area contributed by atoms with Crippen molar-refractivity contribution in [3.8, 4) is 10.6 Å². The van der Waals surface area contributed by atoms with Crippen LogP contribution in [0.25, 0.3) is 10.6 Å². The van der Waals surface area contributed by atoms with Crippen molar-refractivity contribution >= 4 is 11.5 Å². The number of aryl methyl sites for hydroxylation is 1. The number of likely N-dealkylation sites (tertiary alicyclic amines) is 1. The van der Waals surface area contributed by atoms with Gasteiger partial charge < -0.3 is 4.52 Å². The number of benzene rings is 1. The van der Waals surface area contributed by atoms with Gasteiger partial charge in [-0.15, -0.1) is 5.10 Å². The highest BCUT2D eigenvalue weighted by atomic mass is 32.1. The fourth-order valence-electron chi connectivity index (χ4n) is 3.49. The van der Waals surface area contributed by atoms with Gasteiger partial charge in [-0.05, 0) is 55.5 Å². The number of hydrogen-bond acceptors (Lipinski definition) is 6. The zero-order valence-electron chi connectivity index (χ0n) is 14.3. The highest BCUT2D eigenvalue weighted by molar-refractivity contribution is 7.09. The summed E-state index contributed by atoms with van der Waals surface area (Å²) in [5, 5.41) is 8.27. The standard InChI is InChI=1S/C18H18F2N4OS/c1-11-5-16(25-22-11)18-17(21-23-26-18)13-3-2-4-24(10-13)9-12-6-14(19)8-15(20)7-12/h5-8,13H,2-4,9-10H2,1H3. The second kappa shape index (κ2) is 7.20. The van der Waals surface area contributed by atoms with Crippen LogP contribution in [-0.2, 0) is 6.54 Å². The van der Waals surface area contributed by atoms with Crippen LogP contribution in [-0.4, -0.2) is 32.7 Å². The fourth-order valence-corrected chi connectivity index (χ4v) is 4.19. The number of rotatable bonds is 4. The van der Waals surface area contributed by atoms with Crippen molar-refractivity contribution in [3.05, 3.63) is 52.9 Å². The van der Waals surface area contributed by atoms with Gasteiger partial charge in [-0.25, -0.2) is 8.78 Å². The Labute approximate surface area is 153 Å². The molecule has 1 aromatic carbocycles. The Kier molecular flexibility index (Phi) is 4.78. The topological polar surface area (TPSA) is 55.1 Å². The average molecular weight is 376 g/mol. The van der Waals surface area contributed by atoms with Crippen molar-refractivity contribution in [1.82, 2.24) is 19.6 Å². The Morgan fingerprint density at radius 1 is 1.23 bits per heavy atom. The molecule has 0 bridgehead atoms. The number of nitrogens with zero attached hydrogens (tertiary/aromatic N) is 4. The van der Waals surface area contributed by atoms with Gasteiger partial charge in [0.05, 0.1) is 11.4 Å². The summed E-state index contributed by atoms with van der Waals surface area (Å²) in [7, 11) is 0. The molecule has 1 aliphatic rings. The predicted octanol–water partition coefficient (Wildman–Crippen LogP) is 4.16. The summed E-state index contributed by atoms with van der Waals surface area (Å²) in [6, 6.07) is 5.56. The van der Waals surface area contributed by atoms with Crippen molar-refractivity contribution < 1.29 is 13.3 Å². The van der Waals surface area contributed by atoms with E-state index in [9.17, 15) is 8.78 Å². The van der Waals surface area contributed by atoms with Crippen LogP contribution in [0.15, 0.2) is 28.8 Å². The minimum atomic E-state index is -0.541.